The fraction of sp³-hybridized carbons (Fsp3) is 0.667. The quantitative estimate of drug-likeness (QED) is 0.911. The number of fused-ring (bicyclic) bond motifs is 1. The van der Waals surface area contributed by atoms with Crippen molar-refractivity contribution >= 4 is 28.1 Å². The molecule has 3 nitrogen and oxygen atoms in total. The van der Waals surface area contributed by atoms with E-state index in [0.29, 0.717) is 6.04 Å². The molecule has 2 aromatic heterocycles. The molecule has 0 amide bonds. The number of aryl methyl sites for hydroxylation is 2. The average molecular weight is 310 g/mol. The van der Waals surface area contributed by atoms with Crippen molar-refractivity contribution in [3.05, 3.63) is 22.5 Å². The van der Waals surface area contributed by atoms with E-state index in [4.69, 9.17) is 0 Å². The van der Waals surface area contributed by atoms with Crippen LogP contribution in [0.1, 0.15) is 43.3 Å². The van der Waals surface area contributed by atoms with Crippen LogP contribution in [0.2, 0.25) is 0 Å². The average Bonchev–Trinajstić information content (AvgIpc) is 3.07. The van der Waals surface area contributed by atoms with Gasteiger partial charge in [-0.15, -0.1) is 11.3 Å². The van der Waals surface area contributed by atoms with Crippen molar-refractivity contribution in [2.45, 2.75) is 57.9 Å². The predicted octanol–water partition coefficient (Wildman–Crippen LogP) is 3.78. The molecule has 2 heterocycles. The number of thioether (sulfide) groups is 1. The first-order valence-electron chi connectivity index (χ1n) is 7.46. The summed E-state index contributed by atoms with van der Waals surface area (Å²) in [5, 5.41) is 6.81. The fourth-order valence-corrected chi connectivity index (χ4v) is 5.20. The lowest BCUT2D eigenvalue weighted by molar-refractivity contribution is 0.517. The van der Waals surface area contributed by atoms with Gasteiger partial charge in [-0.2, -0.15) is 11.8 Å². The van der Waals surface area contributed by atoms with E-state index in [1.54, 1.807) is 11.3 Å². The van der Waals surface area contributed by atoms with Crippen LogP contribution in [0.15, 0.2) is 5.38 Å². The van der Waals surface area contributed by atoms with Crippen LogP contribution in [0, 0.1) is 13.8 Å². The Labute approximate surface area is 129 Å². The van der Waals surface area contributed by atoms with Crippen molar-refractivity contribution in [3.8, 4) is 0 Å². The Kier molecular flexibility index (Phi) is 4.38. The summed E-state index contributed by atoms with van der Waals surface area (Å²) in [7, 11) is 0. The third-order valence-corrected chi connectivity index (χ3v) is 6.35. The normalized spacial score (nSPS) is 22.9. The summed E-state index contributed by atoms with van der Waals surface area (Å²) in [5.41, 5.74) is 3.81. The van der Waals surface area contributed by atoms with Crippen LogP contribution in [0.4, 0.5) is 0 Å². The summed E-state index contributed by atoms with van der Waals surface area (Å²) in [6.07, 6.45) is 4.01. The van der Waals surface area contributed by atoms with Gasteiger partial charge in [-0.3, -0.25) is 4.40 Å². The molecule has 110 valence electrons. The Morgan fingerprint density at radius 3 is 3.10 bits per heavy atom. The Hall–Kier alpha value is -0.520. The summed E-state index contributed by atoms with van der Waals surface area (Å²) in [5.74, 6) is 1.24. The lowest BCUT2D eigenvalue weighted by atomic mass is 10.2. The standard InChI is InChI=1S/C15H23N3S2/c1-4-19-13-6-5-12(7-13)16-8-14-11(3)17-15-18(14)10(2)9-20-15/h9,12-13,16H,4-8H2,1-3H3. The molecule has 0 saturated heterocycles. The molecule has 0 bridgehead atoms. The summed E-state index contributed by atoms with van der Waals surface area (Å²) in [4.78, 5) is 5.79. The molecule has 5 heteroatoms. The molecule has 2 atom stereocenters. The molecule has 1 aliphatic rings. The van der Waals surface area contributed by atoms with Crippen molar-refractivity contribution in [1.29, 1.82) is 0 Å². The number of hydrogen-bond acceptors (Lipinski definition) is 4. The molecule has 20 heavy (non-hydrogen) atoms. The highest BCUT2D eigenvalue weighted by Gasteiger charge is 2.24. The molecule has 1 N–H and O–H groups in total. The summed E-state index contributed by atoms with van der Waals surface area (Å²) < 4.78 is 2.31. The molecule has 0 aliphatic heterocycles. The van der Waals surface area contributed by atoms with Gasteiger partial charge in [0, 0.05) is 28.9 Å². The van der Waals surface area contributed by atoms with Gasteiger partial charge in [0.05, 0.1) is 11.4 Å². The topological polar surface area (TPSA) is 29.3 Å². The first-order valence-corrected chi connectivity index (χ1v) is 9.39. The lowest BCUT2D eigenvalue weighted by Crippen LogP contribution is -2.27. The zero-order valence-electron chi connectivity index (χ0n) is 12.5. The molecule has 1 fully saturated rings. The number of rotatable bonds is 5. The molecule has 1 aliphatic carbocycles. The minimum atomic E-state index is 0.683. The molecular formula is C15H23N3S2. The van der Waals surface area contributed by atoms with Crippen LogP contribution >= 0.6 is 23.1 Å². The van der Waals surface area contributed by atoms with Gasteiger partial charge in [-0.25, -0.2) is 4.98 Å². The molecule has 2 unspecified atom stereocenters. The minimum Gasteiger partial charge on any atom is -0.308 e. The van der Waals surface area contributed by atoms with Crippen molar-refractivity contribution in [1.82, 2.24) is 14.7 Å². The summed E-state index contributed by atoms with van der Waals surface area (Å²) >= 11 is 3.85. The molecule has 0 spiro atoms. The van der Waals surface area contributed by atoms with Gasteiger partial charge in [0.1, 0.15) is 0 Å². The number of thiazole rings is 1. The van der Waals surface area contributed by atoms with Crippen molar-refractivity contribution in [3.63, 3.8) is 0 Å². The molecule has 0 radical (unpaired) electrons. The lowest BCUT2D eigenvalue weighted by Gasteiger charge is -2.13. The number of nitrogens with one attached hydrogen (secondary N) is 1. The molecule has 2 aromatic rings. The molecule has 3 rings (SSSR count). The van der Waals surface area contributed by atoms with E-state index < -0.39 is 0 Å². The van der Waals surface area contributed by atoms with Crippen molar-refractivity contribution < 1.29 is 0 Å². The second kappa shape index (κ2) is 6.08. The Morgan fingerprint density at radius 1 is 1.45 bits per heavy atom. The van der Waals surface area contributed by atoms with E-state index in [-0.39, 0.29) is 0 Å². The van der Waals surface area contributed by atoms with Crippen molar-refractivity contribution in [2.75, 3.05) is 5.75 Å². The third kappa shape index (κ3) is 2.76. The van der Waals surface area contributed by atoms with E-state index in [1.807, 2.05) is 0 Å². The maximum Gasteiger partial charge on any atom is 0.194 e. The fourth-order valence-electron chi connectivity index (χ4n) is 3.13. The van der Waals surface area contributed by atoms with Crippen LogP contribution < -0.4 is 5.32 Å². The van der Waals surface area contributed by atoms with E-state index in [2.05, 4.69) is 52.6 Å². The maximum absolute atomic E-state index is 4.66. The van der Waals surface area contributed by atoms with E-state index >= 15 is 0 Å². The Bertz CT molecular complexity index is 587. The predicted molar refractivity (Wildman–Crippen MR) is 88.9 cm³/mol. The van der Waals surface area contributed by atoms with Crippen LogP contribution in [-0.4, -0.2) is 26.4 Å². The third-order valence-electron chi connectivity index (χ3n) is 4.17. The van der Waals surface area contributed by atoms with Gasteiger partial charge in [-0.1, -0.05) is 6.92 Å². The van der Waals surface area contributed by atoms with Gasteiger partial charge >= 0.3 is 0 Å². The first-order chi connectivity index (χ1) is 9.69. The Balaban J connectivity index is 1.65. The molecule has 1 saturated carbocycles. The van der Waals surface area contributed by atoms with Gasteiger partial charge < -0.3 is 5.32 Å². The smallest absolute Gasteiger partial charge is 0.194 e. The molecular weight excluding hydrogens is 286 g/mol. The number of imidazole rings is 1. The van der Waals surface area contributed by atoms with E-state index in [9.17, 15) is 0 Å². The zero-order chi connectivity index (χ0) is 14.1. The van der Waals surface area contributed by atoms with E-state index in [1.165, 1.54) is 42.1 Å². The van der Waals surface area contributed by atoms with Gasteiger partial charge in [0.25, 0.3) is 0 Å². The monoisotopic (exact) mass is 309 g/mol. The van der Waals surface area contributed by atoms with Crippen LogP contribution in [0.25, 0.3) is 4.96 Å². The molecule has 0 aromatic carbocycles. The highest BCUT2D eigenvalue weighted by molar-refractivity contribution is 7.99. The van der Waals surface area contributed by atoms with Gasteiger partial charge in [0.2, 0.25) is 0 Å². The van der Waals surface area contributed by atoms with Gasteiger partial charge in [0.15, 0.2) is 4.96 Å². The number of hydrogen-bond donors (Lipinski definition) is 1. The number of aromatic nitrogens is 2. The number of nitrogens with zero attached hydrogens (tertiary/aromatic N) is 2. The summed E-state index contributed by atoms with van der Waals surface area (Å²) in [6, 6.07) is 0.683. The van der Waals surface area contributed by atoms with Gasteiger partial charge in [-0.05, 0) is 38.9 Å². The highest BCUT2D eigenvalue weighted by atomic mass is 32.2. The van der Waals surface area contributed by atoms with Crippen LogP contribution in [0.5, 0.6) is 0 Å². The van der Waals surface area contributed by atoms with Crippen LogP contribution in [-0.2, 0) is 6.54 Å². The van der Waals surface area contributed by atoms with Crippen LogP contribution in [0.3, 0.4) is 0 Å². The second-order valence-electron chi connectivity index (χ2n) is 5.61. The Morgan fingerprint density at radius 2 is 2.30 bits per heavy atom. The van der Waals surface area contributed by atoms with Crippen molar-refractivity contribution in [2.24, 2.45) is 0 Å². The minimum absolute atomic E-state index is 0.683. The first kappa shape index (κ1) is 14.4. The zero-order valence-corrected chi connectivity index (χ0v) is 14.1. The largest absolute Gasteiger partial charge is 0.308 e. The SMILES string of the molecule is CCSC1CCC(NCc2c(C)nc3scc(C)n23)C1. The highest BCUT2D eigenvalue weighted by Crippen LogP contribution is 2.30. The maximum atomic E-state index is 4.66. The van der Waals surface area contributed by atoms with E-state index in [0.717, 1.165) is 16.8 Å². The second-order valence-corrected chi connectivity index (χ2v) is 8.02. The summed E-state index contributed by atoms with van der Waals surface area (Å²) in [6.45, 7) is 7.49.